The average molecular weight is 929 g/mol. The molecule has 5 rings (SSSR count). The summed E-state index contributed by atoms with van der Waals surface area (Å²) >= 11 is 18.5. The van der Waals surface area contributed by atoms with Crippen LogP contribution in [-0.4, -0.2) is 105 Å². The molecule has 14 nitrogen and oxygen atoms in total. The fraction of sp³-hybridized carbons (Fsp3) is 0.478. The highest BCUT2D eigenvalue weighted by molar-refractivity contribution is 7.80. The number of halogens is 2. The second kappa shape index (κ2) is 25.1. The van der Waals surface area contributed by atoms with Crippen molar-refractivity contribution in [1.82, 2.24) is 20.9 Å². The van der Waals surface area contributed by atoms with Gasteiger partial charge in [-0.05, 0) is 72.6 Å². The van der Waals surface area contributed by atoms with Gasteiger partial charge in [-0.25, -0.2) is 4.79 Å². The van der Waals surface area contributed by atoms with E-state index in [2.05, 4.69) is 20.9 Å². The maximum Gasteiger partial charge on any atom is 0.408 e. The van der Waals surface area contributed by atoms with E-state index >= 15 is 0 Å². The molecule has 0 bridgehead atoms. The number of thiocarbonyl (C=S) groups is 1. The Labute approximate surface area is 384 Å². The number of nitrogens with one attached hydrogen (secondary N) is 4. The topological polar surface area (TPSA) is 184 Å². The van der Waals surface area contributed by atoms with Gasteiger partial charge in [-0.3, -0.25) is 9.59 Å². The van der Waals surface area contributed by atoms with E-state index in [0.29, 0.717) is 93.4 Å². The number of hydrogen-bond donors (Lipinski definition) is 5. The van der Waals surface area contributed by atoms with Gasteiger partial charge in [0.1, 0.15) is 30.5 Å². The summed E-state index contributed by atoms with van der Waals surface area (Å²) in [5.74, 6) is -0.421. The number of aryl methyl sites for hydroxylation is 2. The molecule has 1 heterocycles. The number of carbonyl (C=O) groups is 3. The molecule has 4 aromatic rings. The molecule has 0 saturated heterocycles. The van der Waals surface area contributed by atoms with Crippen molar-refractivity contribution < 1.29 is 42.8 Å². The minimum absolute atomic E-state index is 0.00319. The van der Waals surface area contributed by atoms with Crippen molar-refractivity contribution in [3.8, 4) is 5.75 Å². The van der Waals surface area contributed by atoms with Gasteiger partial charge in [-0.1, -0.05) is 98.2 Å². The molecule has 1 aromatic heterocycles. The predicted octanol–water partition coefficient (Wildman–Crippen LogP) is 6.64. The quantitative estimate of drug-likeness (QED) is 0.0336. The van der Waals surface area contributed by atoms with Gasteiger partial charge in [0, 0.05) is 29.6 Å². The number of hydrogen-bond acceptors (Lipinski definition) is 10. The number of alkyl carbamates (subject to hydrolysis) is 1. The Bertz CT molecular complexity index is 2110. The number of amides is 3. The Hall–Kier alpha value is -4.48. The first-order valence-electron chi connectivity index (χ1n) is 21.2. The van der Waals surface area contributed by atoms with E-state index in [9.17, 15) is 14.4 Å². The monoisotopic (exact) mass is 927 g/mol. The molecule has 4 unspecified atom stereocenters. The summed E-state index contributed by atoms with van der Waals surface area (Å²) in [4.78, 5) is 46.2. The van der Waals surface area contributed by atoms with Crippen molar-refractivity contribution in [2.75, 3.05) is 60.0 Å². The number of rotatable bonds is 26. The highest BCUT2D eigenvalue weighted by Gasteiger charge is 2.46. The van der Waals surface area contributed by atoms with E-state index in [1.54, 1.807) is 19.2 Å². The third-order valence-corrected chi connectivity index (χ3v) is 11.8. The van der Waals surface area contributed by atoms with Crippen molar-refractivity contribution >= 4 is 69.2 Å². The summed E-state index contributed by atoms with van der Waals surface area (Å²) in [7, 11) is 1.63. The molecule has 17 heteroatoms. The number of methoxy groups -OCH3 is 1. The average Bonchev–Trinajstić information content (AvgIpc) is 3.64. The van der Waals surface area contributed by atoms with Gasteiger partial charge in [0.15, 0.2) is 0 Å². The van der Waals surface area contributed by atoms with E-state index < -0.39 is 35.5 Å². The molecule has 3 aromatic carbocycles. The fourth-order valence-corrected chi connectivity index (χ4v) is 8.13. The van der Waals surface area contributed by atoms with Gasteiger partial charge in [0.25, 0.3) is 0 Å². The second-order valence-corrected chi connectivity index (χ2v) is 16.8. The van der Waals surface area contributed by atoms with Gasteiger partial charge in [-0.2, -0.15) is 0 Å². The van der Waals surface area contributed by atoms with Crippen LogP contribution in [0.1, 0.15) is 55.5 Å². The van der Waals surface area contributed by atoms with Crippen LogP contribution in [0.4, 0.5) is 4.79 Å². The molecule has 0 radical (unpaired) electrons. The predicted molar refractivity (Wildman–Crippen MR) is 248 cm³/mol. The van der Waals surface area contributed by atoms with Crippen LogP contribution in [0.3, 0.4) is 0 Å². The highest BCUT2D eigenvalue weighted by atomic mass is 35.5. The molecule has 0 fully saturated rings. The van der Waals surface area contributed by atoms with Crippen LogP contribution in [0.5, 0.6) is 5.75 Å². The van der Waals surface area contributed by atoms with Crippen LogP contribution in [0.15, 0.2) is 66.7 Å². The third-order valence-electron chi connectivity index (χ3n) is 11.0. The summed E-state index contributed by atoms with van der Waals surface area (Å²) in [6.07, 6.45) is 1.26. The van der Waals surface area contributed by atoms with Crippen molar-refractivity contribution in [3.05, 3.63) is 99.2 Å². The Kier molecular flexibility index (Phi) is 19.8. The summed E-state index contributed by atoms with van der Waals surface area (Å²) in [6.45, 7) is 7.63. The van der Waals surface area contributed by atoms with Crippen molar-refractivity contribution in [1.29, 1.82) is 0 Å². The molecule has 0 saturated carbocycles. The molecular formula is C46H59Cl2N5O9S. The largest absolute Gasteiger partial charge is 0.491 e. The smallest absolute Gasteiger partial charge is 0.408 e. The molecular weight excluding hydrogens is 870 g/mol. The first kappa shape index (κ1) is 49.5. The third kappa shape index (κ3) is 14.8. The Morgan fingerprint density at radius 3 is 2.21 bits per heavy atom. The van der Waals surface area contributed by atoms with Crippen LogP contribution in [0, 0.1) is 5.92 Å². The lowest BCUT2D eigenvalue weighted by Gasteiger charge is -2.39. The molecule has 63 heavy (non-hydrogen) atoms. The molecule has 342 valence electrons. The van der Waals surface area contributed by atoms with Gasteiger partial charge in [0.05, 0.1) is 67.8 Å². The minimum Gasteiger partial charge on any atom is -0.491 e. The minimum atomic E-state index is -1.47. The van der Waals surface area contributed by atoms with Crippen LogP contribution in [0.25, 0.3) is 10.9 Å². The molecule has 1 aliphatic carbocycles. The first-order chi connectivity index (χ1) is 30.4. The van der Waals surface area contributed by atoms with Crippen molar-refractivity contribution in [2.45, 2.75) is 76.6 Å². The zero-order valence-electron chi connectivity index (χ0n) is 36.1. The zero-order valence-corrected chi connectivity index (χ0v) is 38.4. The normalized spacial score (nSPS) is 16.1. The Morgan fingerprint density at radius 1 is 0.889 bits per heavy atom. The molecule has 0 spiro atoms. The maximum atomic E-state index is 14.7. The molecule has 3 amide bonds. The van der Waals surface area contributed by atoms with Crippen molar-refractivity contribution in [3.63, 3.8) is 0 Å². The van der Waals surface area contributed by atoms with Gasteiger partial charge in [-0.15, -0.1) is 0 Å². The summed E-state index contributed by atoms with van der Waals surface area (Å²) in [6, 6.07) is 18.4. The van der Waals surface area contributed by atoms with Crippen LogP contribution in [-0.2, 0) is 59.1 Å². The number of aromatic nitrogens is 1. The van der Waals surface area contributed by atoms with E-state index in [4.69, 9.17) is 69.6 Å². The highest BCUT2D eigenvalue weighted by Crippen LogP contribution is 2.38. The van der Waals surface area contributed by atoms with Crippen LogP contribution in [0.2, 0.25) is 10.0 Å². The fourth-order valence-electron chi connectivity index (χ4n) is 7.30. The van der Waals surface area contributed by atoms with Gasteiger partial charge < -0.3 is 55.1 Å². The number of H-pyrrole nitrogens is 1. The molecule has 0 aliphatic heterocycles. The Morgan fingerprint density at radius 2 is 1.56 bits per heavy atom. The zero-order chi connectivity index (χ0) is 45.2. The number of aromatic amines is 1. The van der Waals surface area contributed by atoms with Crippen molar-refractivity contribution in [2.24, 2.45) is 11.7 Å². The molecule has 4 atom stereocenters. The van der Waals surface area contributed by atoms with Gasteiger partial charge in [0.2, 0.25) is 11.8 Å². The lowest BCUT2D eigenvalue weighted by molar-refractivity contribution is -0.135. The van der Waals surface area contributed by atoms with E-state index in [0.717, 1.165) is 27.8 Å². The van der Waals surface area contributed by atoms with Gasteiger partial charge >= 0.3 is 6.09 Å². The SMILES string of the molecule is CCC(C)C(NC(=O)C1(NC(=O)C(CCc2ccc(OCCOCCOCCOCCOC)cc2)NC(=O)OCc2ccccc2)CCc2[nH]c3c(Cl)cc(Cl)cc3c2C1)C(N)=S. The van der Waals surface area contributed by atoms with E-state index in [1.807, 2.05) is 68.4 Å². The number of nitrogens with two attached hydrogens (primary N) is 1. The molecule has 6 N–H and O–H groups in total. The number of ether oxygens (including phenoxy) is 6. The summed E-state index contributed by atoms with van der Waals surface area (Å²) < 4.78 is 32.8. The van der Waals surface area contributed by atoms with E-state index in [1.165, 1.54) is 0 Å². The van der Waals surface area contributed by atoms with E-state index in [-0.39, 0.29) is 36.8 Å². The summed E-state index contributed by atoms with van der Waals surface area (Å²) in [5, 5.41) is 10.6. The molecule has 1 aliphatic rings. The maximum absolute atomic E-state index is 14.7. The first-order valence-corrected chi connectivity index (χ1v) is 22.4. The number of benzene rings is 3. The lowest BCUT2D eigenvalue weighted by atomic mass is 9.78. The number of fused-ring (bicyclic) bond motifs is 3. The summed E-state index contributed by atoms with van der Waals surface area (Å²) in [5.41, 5.74) is 8.76. The second-order valence-electron chi connectivity index (χ2n) is 15.5. The van der Waals surface area contributed by atoms with Crippen LogP contribution >= 0.6 is 35.4 Å². The Balaban J connectivity index is 1.28. The number of carbonyl (C=O) groups excluding carboxylic acids is 3. The lowest BCUT2D eigenvalue weighted by Crippen LogP contribution is -2.66. The van der Waals surface area contributed by atoms with Crippen LogP contribution < -0.4 is 26.4 Å². The standard InChI is InChI=1S/C46H59Cl2N5O9S/c1-4-30(2)40(42(49)63)52-44(55)46(17-16-38-36(28-46)35-26-33(47)27-37(48)41(35)50-38)53-43(54)39(51-45(56)62-29-32-8-6-5-7-9-32)15-12-31-10-13-34(14-11-31)61-25-24-60-23-22-59-21-20-58-19-18-57-3/h5-11,13-14,26-27,30,39-40,50H,4,12,15-25,28-29H2,1-3H3,(H2,49,63)(H,51,56)(H,52,55)(H,53,54).